The van der Waals surface area contributed by atoms with E-state index in [1.165, 1.54) is 18.2 Å². The number of amides is 1. The van der Waals surface area contributed by atoms with Crippen LogP contribution >= 0.6 is 0 Å². The van der Waals surface area contributed by atoms with Gasteiger partial charge in [-0.1, -0.05) is 18.2 Å². The summed E-state index contributed by atoms with van der Waals surface area (Å²) in [6.45, 7) is 5.76. The van der Waals surface area contributed by atoms with Gasteiger partial charge in [0.1, 0.15) is 0 Å². The summed E-state index contributed by atoms with van der Waals surface area (Å²) < 4.78 is 11.9. The second kappa shape index (κ2) is 7.61. The van der Waals surface area contributed by atoms with Crippen LogP contribution in [0.15, 0.2) is 48.5 Å². The van der Waals surface area contributed by atoms with Gasteiger partial charge < -0.3 is 10.4 Å². The smallest absolute Gasteiger partial charge is 0.335 e. The van der Waals surface area contributed by atoms with Gasteiger partial charge >= 0.3 is 5.97 Å². The van der Waals surface area contributed by atoms with Crippen LogP contribution in [-0.2, 0) is 16.6 Å². The van der Waals surface area contributed by atoms with E-state index < -0.39 is 22.7 Å². The standard InChI is InChI=1S/C19H21NO4S/c1-19(2,3)25(24)12-13-6-4-9-16(10-13)20-17(21)14-7-5-8-15(11-14)18(22)23/h4-11H,12H2,1-3H3,(H,20,21)(H,22,23). The lowest BCUT2D eigenvalue weighted by Gasteiger charge is -2.18. The van der Waals surface area contributed by atoms with Gasteiger partial charge in [-0.25, -0.2) is 4.79 Å². The fourth-order valence-corrected chi connectivity index (χ4v) is 3.02. The Morgan fingerprint density at radius 3 is 2.32 bits per heavy atom. The van der Waals surface area contributed by atoms with Gasteiger partial charge in [-0.3, -0.25) is 9.00 Å². The summed E-state index contributed by atoms with van der Waals surface area (Å²) >= 11 is 0. The van der Waals surface area contributed by atoms with E-state index in [1.807, 2.05) is 26.8 Å². The van der Waals surface area contributed by atoms with Crippen LogP contribution in [0.25, 0.3) is 0 Å². The highest BCUT2D eigenvalue weighted by molar-refractivity contribution is 7.85. The second-order valence-corrected chi connectivity index (χ2v) is 8.85. The van der Waals surface area contributed by atoms with Gasteiger partial charge in [0.2, 0.25) is 0 Å². The molecular weight excluding hydrogens is 338 g/mol. The minimum absolute atomic E-state index is 0.0574. The third kappa shape index (κ3) is 5.26. The molecule has 0 radical (unpaired) electrons. The van der Waals surface area contributed by atoms with Crippen LogP contribution in [0, 0.1) is 0 Å². The predicted octanol–water partition coefficient (Wildman–Crippen LogP) is 3.68. The molecule has 1 atom stereocenters. The van der Waals surface area contributed by atoms with Crippen LogP contribution in [0.5, 0.6) is 0 Å². The summed E-state index contributed by atoms with van der Waals surface area (Å²) in [5, 5.41) is 11.8. The average Bonchev–Trinajstić information content (AvgIpc) is 2.54. The van der Waals surface area contributed by atoms with Crippen LogP contribution in [0.2, 0.25) is 0 Å². The summed E-state index contributed by atoms with van der Waals surface area (Å²) in [5.41, 5.74) is 1.77. The Morgan fingerprint density at radius 1 is 1.04 bits per heavy atom. The van der Waals surface area contributed by atoms with Gasteiger partial charge in [-0.15, -0.1) is 0 Å². The number of hydrogen-bond donors (Lipinski definition) is 2. The van der Waals surface area contributed by atoms with Gasteiger partial charge in [0, 0.05) is 32.6 Å². The van der Waals surface area contributed by atoms with Crippen molar-refractivity contribution < 1.29 is 18.9 Å². The lowest BCUT2D eigenvalue weighted by Crippen LogP contribution is -2.23. The number of carboxylic acid groups (broad SMARTS) is 1. The van der Waals surface area contributed by atoms with Crippen molar-refractivity contribution in [2.24, 2.45) is 0 Å². The molecule has 2 aromatic carbocycles. The Kier molecular flexibility index (Phi) is 5.74. The molecule has 0 fully saturated rings. The van der Waals surface area contributed by atoms with Crippen molar-refractivity contribution in [3.8, 4) is 0 Å². The van der Waals surface area contributed by atoms with Crippen molar-refractivity contribution in [2.75, 3.05) is 5.32 Å². The van der Waals surface area contributed by atoms with Crippen molar-refractivity contribution in [3.05, 3.63) is 65.2 Å². The number of carboxylic acids is 1. The summed E-state index contributed by atoms with van der Waals surface area (Å²) in [4.78, 5) is 23.3. The number of hydrogen-bond acceptors (Lipinski definition) is 3. The normalized spacial score (nSPS) is 12.4. The minimum Gasteiger partial charge on any atom is -0.478 e. The molecule has 2 rings (SSSR count). The first-order chi connectivity index (χ1) is 11.7. The molecule has 25 heavy (non-hydrogen) atoms. The number of anilines is 1. The molecule has 0 heterocycles. The predicted molar refractivity (Wildman–Crippen MR) is 99.4 cm³/mol. The van der Waals surface area contributed by atoms with Gasteiger partial charge in [-0.05, 0) is 56.7 Å². The zero-order valence-electron chi connectivity index (χ0n) is 14.4. The zero-order valence-corrected chi connectivity index (χ0v) is 15.2. The van der Waals surface area contributed by atoms with Gasteiger partial charge in [-0.2, -0.15) is 0 Å². The Labute approximate surface area is 149 Å². The fraction of sp³-hybridized carbons (Fsp3) is 0.263. The molecule has 0 spiro atoms. The lowest BCUT2D eigenvalue weighted by molar-refractivity contribution is 0.0697. The van der Waals surface area contributed by atoms with Gasteiger partial charge in [0.05, 0.1) is 5.56 Å². The number of carbonyl (C=O) groups is 2. The van der Waals surface area contributed by atoms with E-state index >= 15 is 0 Å². The van der Waals surface area contributed by atoms with Crippen molar-refractivity contribution in [1.29, 1.82) is 0 Å². The molecule has 0 aromatic heterocycles. The van der Waals surface area contributed by atoms with E-state index in [2.05, 4.69) is 5.32 Å². The van der Waals surface area contributed by atoms with Crippen molar-refractivity contribution in [1.82, 2.24) is 0 Å². The highest BCUT2D eigenvalue weighted by Crippen LogP contribution is 2.19. The first-order valence-electron chi connectivity index (χ1n) is 7.79. The molecule has 2 N–H and O–H groups in total. The second-order valence-electron chi connectivity index (χ2n) is 6.64. The Hall–Kier alpha value is -2.47. The third-order valence-corrected chi connectivity index (χ3v) is 5.50. The molecular formula is C19H21NO4S. The molecule has 0 bridgehead atoms. The van der Waals surface area contributed by atoms with Gasteiger partial charge in [0.25, 0.3) is 5.91 Å². The van der Waals surface area contributed by atoms with E-state index in [9.17, 15) is 13.8 Å². The quantitative estimate of drug-likeness (QED) is 0.853. The Balaban J connectivity index is 2.14. The van der Waals surface area contributed by atoms with E-state index in [0.29, 0.717) is 11.4 Å². The number of nitrogens with one attached hydrogen (secondary N) is 1. The van der Waals surface area contributed by atoms with E-state index in [4.69, 9.17) is 5.11 Å². The molecule has 0 aliphatic heterocycles. The van der Waals surface area contributed by atoms with Crippen molar-refractivity contribution >= 4 is 28.4 Å². The first-order valence-corrected chi connectivity index (χ1v) is 9.11. The number of benzene rings is 2. The van der Waals surface area contributed by atoms with Crippen LogP contribution in [-0.4, -0.2) is 25.9 Å². The Morgan fingerprint density at radius 2 is 1.68 bits per heavy atom. The van der Waals surface area contributed by atoms with Crippen LogP contribution in [0.1, 0.15) is 47.1 Å². The van der Waals surface area contributed by atoms with E-state index in [0.717, 1.165) is 5.56 Å². The number of rotatable bonds is 5. The maximum absolute atomic E-state index is 12.3. The highest BCUT2D eigenvalue weighted by atomic mass is 32.2. The molecule has 1 unspecified atom stereocenters. The van der Waals surface area contributed by atoms with Crippen molar-refractivity contribution in [2.45, 2.75) is 31.3 Å². The summed E-state index contributed by atoms with van der Waals surface area (Å²) in [6, 6.07) is 13.0. The molecule has 0 saturated carbocycles. The molecule has 6 heteroatoms. The minimum atomic E-state index is -1.08. The molecule has 0 aliphatic rings. The first kappa shape index (κ1) is 18.9. The van der Waals surface area contributed by atoms with E-state index in [-0.39, 0.29) is 15.9 Å². The fourth-order valence-electron chi connectivity index (χ4n) is 2.10. The Bertz CT molecular complexity index is 824. The van der Waals surface area contributed by atoms with Crippen LogP contribution < -0.4 is 5.32 Å². The number of carbonyl (C=O) groups excluding carboxylic acids is 1. The van der Waals surface area contributed by atoms with Gasteiger partial charge in [0.15, 0.2) is 0 Å². The molecule has 2 aromatic rings. The summed E-state index contributed by atoms with van der Waals surface area (Å²) in [7, 11) is -1.03. The molecule has 0 saturated heterocycles. The average molecular weight is 359 g/mol. The topological polar surface area (TPSA) is 83.5 Å². The van der Waals surface area contributed by atoms with Crippen LogP contribution in [0.3, 0.4) is 0 Å². The highest BCUT2D eigenvalue weighted by Gasteiger charge is 2.19. The maximum Gasteiger partial charge on any atom is 0.335 e. The zero-order chi connectivity index (χ0) is 18.6. The number of aromatic carboxylic acids is 1. The van der Waals surface area contributed by atoms with Crippen molar-refractivity contribution in [3.63, 3.8) is 0 Å². The SMILES string of the molecule is CC(C)(C)S(=O)Cc1cccc(NC(=O)c2cccc(C(=O)O)c2)c1. The molecule has 132 valence electrons. The summed E-state index contributed by atoms with van der Waals surface area (Å²) in [5.74, 6) is -1.07. The lowest BCUT2D eigenvalue weighted by atomic mass is 10.1. The maximum atomic E-state index is 12.3. The van der Waals surface area contributed by atoms with Crippen LogP contribution in [0.4, 0.5) is 5.69 Å². The third-order valence-electron chi connectivity index (χ3n) is 3.54. The molecule has 1 amide bonds. The molecule has 0 aliphatic carbocycles. The summed E-state index contributed by atoms with van der Waals surface area (Å²) in [6.07, 6.45) is 0. The largest absolute Gasteiger partial charge is 0.478 e. The monoisotopic (exact) mass is 359 g/mol. The molecule has 5 nitrogen and oxygen atoms in total. The van der Waals surface area contributed by atoms with E-state index in [1.54, 1.807) is 24.3 Å².